The number of carbonyl (C=O) groups is 2. The molecule has 3 amide bonds. The van der Waals surface area contributed by atoms with E-state index < -0.39 is 0 Å². The third-order valence-corrected chi connectivity index (χ3v) is 4.83. The number of likely N-dealkylation sites (tertiary alicyclic amines) is 1. The Labute approximate surface area is 151 Å². The monoisotopic (exact) mass is 345 g/mol. The molecule has 1 aliphatic heterocycles. The average molecular weight is 345 g/mol. The second kappa shape index (κ2) is 10.7. The van der Waals surface area contributed by atoms with E-state index in [2.05, 4.69) is 10.6 Å². The van der Waals surface area contributed by atoms with Crippen molar-refractivity contribution >= 4 is 11.9 Å². The van der Waals surface area contributed by atoms with Crippen molar-refractivity contribution in [1.82, 2.24) is 15.5 Å². The molecule has 1 aromatic rings. The van der Waals surface area contributed by atoms with Crippen LogP contribution in [0.4, 0.5) is 4.79 Å². The summed E-state index contributed by atoms with van der Waals surface area (Å²) in [7, 11) is 0. The summed E-state index contributed by atoms with van der Waals surface area (Å²) < 4.78 is 0. The molecule has 25 heavy (non-hydrogen) atoms. The zero-order valence-corrected chi connectivity index (χ0v) is 15.3. The summed E-state index contributed by atoms with van der Waals surface area (Å²) in [6.45, 7) is 5.07. The van der Waals surface area contributed by atoms with Crippen molar-refractivity contribution in [2.45, 2.75) is 45.4 Å². The summed E-state index contributed by atoms with van der Waals surface area (Å²) in [4.78, 5) is 25.7. The number of hydrogen-bond acceptors (Lipinski definition) is 2. The molecule has 1 aromatic carbocycles. The minimum Gasteiger partial charge on any atom is -0.342 e. The lowest BCUT2D eigenvalue weighted by atomic mass is 9.91. The second-order valence-corrected chi connectivity index (χ2v) is 6.77. The normalized spacial score (nSPS) is 15.0. The van der Waals surface area contributed by atoms with Crippen LogP contribution in [0.3, 0.4) is 0 Å². The van der Waals surface area contributed by atoms with Gasteiger partial charge in [0.15, 0.2) is 0 Å². The van der Waals surface area contributed by atoms with E-state index in [-0.39, 0.29) is 11.9 Å². The van der Waals surface area contributed by atoms with Gasteiger partial charge in [-0.1, -0.05) is 43.2 Å². The molecular weight excluding hydrogens is 314 g/mol. The lowest BCUT2D eigenvalue weighted by molar-refractivity contribution is -0.131. The number of unbranched alkanes of at least 4 members (excludes halogenated alkanes) is 1. The Morgan fingerprint density at radius 1 is 1.08 bits per heavy atom. The highest BCUT2D eigenvalue weighted by Gasteiger charge is 2.22. The van der Waals surface area contributed by atoms with Crippen LogP contribution in [-0.4, -0.2) is 43.0 Å². The number of nitrogens with one attached hydrogen (secondary N) is 2. The van der Waals surface area contributed by atoms with Gasteiger partial charge in [-0.15, -0.1) is 0 Å². The lowest BCUT2D eigenvalue weighted by Gasteiger charge is -2.32. The molecule has 0 atom stereocenters. The first-order chi connectivity index (χ1) is 12.2. The number of nitrogens with zero attached hydrogens (tertiary/aromatic N) is 1. The third-order valence-electron chi connectivity index (χ3n) is 4.83. The minimum atomic E-state index is -0.0762. The van der Waals surface area contributed by atoms with Crippen molar-refractivity contribution in [3.63, 3.8) is 0 Å². The van der Waals surface area contributed by atoms with Crippen molar-refractivity contribution in [3.8, 4) is 0 Å². The molecule has 1 fully saturated rings. The highest BCUT2D eigenvalue weighted by Crippen LogP contribution is 2.23. The predicted molar refractivity (Wildman–Crippen MR) is 100 cm³/mol. The van der Waals surface area contributed by atoms with E-state index in [1.807, 2.05) is 42.2 Å². The Bertz CT molecular complexity index is 525. The van der Waals surface area contributed by atoms with Gasteiger partial charge in [-0.05, 0) is 37.7 Å². The zero-order chi connectivity index (χ0) is 17.9. The zero-order valence-electron chi connectivity index (χ0n) is 15.3. The number of carbonyl (C=O) groups excluding carboxylic acids is 2. The molecule has 1 saturated heterocycles. The largest absolute Gasteiger partial charge is 0.342 e. The standard InChI is InChI=1S/C20H31N3O2/c1-2-21-20(25)22-13-7-6-8-17-11-14-23(15-12-17)19(24)16-18-9-4-3-5-10-18/h3-5,9-10,17H,2,6-8,11-16H2,1H3,(H2,21,22,25). The molecule has 0 aliphatic carbocycles. The summed E-state index contributed by atoms with van der Waals surface area (Å²) in [5, 5.41) is 5.59. The van der Waals surface area contributed by atoms with Crippen LogP contribution in [0.2, 0.25) is 0 Å². The smallest absolute Gasteiger partial charge is 0.314 e. The third kappa shape index (κ3) is 7.16. The van der Waals surface area contributed by atoms with Gasteiger partial charge in [-0.25, -0.2) is 4.79 Å². The van der Waals surface area contributed by atoms with Crippen LogP contribution in [0.1, 0.15) is 44.6 Å². The first-order valence-corrected chi connectivity index (χ1v) is 9.52. The summed E-state index contributed by atoms with van der Waals surface area (Å²) in [5.41, 5.74) is 1.09. The van der Waals surface area contributed by atoms with Crippen LogP contribution in [0, 0.1) is 5.92 Å². The topological polar surface area (TPSA) is 61.4 Å². The van der Waals surface area contributed by atoms with Gasteiger partial charge in [0.1, 0.15) is 0 Å². The highest BCUT2D eigenvalue weighted by molar-refractivity contribution is 5.78. The van der Waals surface area contributed by atoms with Gasteiger partial charge in [0.2, 0.25) is 5.91 Å². The fourth-order valence-electron chi connectivity index (χ4n) is 3.34. The van der Waals surface area contributed by atoms with Gasteiger partial charge >= 0.3 is 6.03 Å². The molecular formula is C20H31N3O2. The van der Waals surface area contributed by atoms with Gasteiger partial charge in [0.05, 0.1) is 6.42 Å². The number of amides is 3. The molecule has 0 aromatic heterocycles. The van der Waals surface area contributed by atoms with Crippen LogP contribution < -0.4 is 10.6 Å². The van der Waals surface area contributed by atoms with Gasteiger partial charge in [0, 0.05) is 26.2 Å². The number of urea groups is 1. The Morgan fingerprint density at radius 3 is 2.48 bits per heavy atom. The van der Waals surface area contributed by atoms with Crippen molar-refractivity contribution in [2.24, 2.45) is 5.92 Å². The van der Waals surface area contributed by atoms with E-state index in [9.17, 15) is 9.59 Å². The molecule has 1 aliphatic rings. The summed E-state index contributed by atoms with van der Waals surface area (Å²) in [6.07, 6.45) is 6.06. The lowest BCUT2D eigenvalue weighted by Crippen LogP contribution is -2.39. The maximum absolute atomic E-state index is 12.4. The van der Waals surface area contributed by atoms with Crippen molar-refractivity contribution in [2.75, 3.05) is 26.2 Å². The maximum Gasteiger partial charge on any atom is 0.314 e. The van der Waals surface area contributed by atoms with Gasteiger partial charge < -0.3 is 15.5 Å². The van der Waals surface area contributed by atoms with Crippen LogP contribution in [0.5, 0.6) is 0 Å². The quantitative estimate of drug-likeness (QED) is 0.712. The summed E-state index contributed by atoms with van der Waals surface area (Å²) >= 11 is 0. The van der Waals surface area contributed by atoms with Crippen molar-refractivity contribution in [3.05, 3.63) is 35.9 Å². The maximum atomic E-state index is 12.4. The van der Waals surface area contributed by atoms with Gasteiger partial charge in [0.25, 0.3) is 0 Å². The van der Waals surface area contributed by atoms with Crippen LogP contribution in [-0.2, 0) is 11.2 Å². The number of hydrogen-bond donors (Lipinski definition) is 2. The molecule has 1 heterocycles. The predicted octanol–water partition coefficient (Wildman–Crippen LogP) is 2.96. The molecule has 5 heteroatoms. The number of piperidine rings is 1. The molecule has 0 bridgehead atoms. The number of rotatable bonds is 8. The van der Waals surface area contributed by atoms with E-state index in [0.717, 1.165) is 50.9 Å². The Hall–Kier alpha value is -2.04. The SMILES string of the molecule is CCNC(=O)NCCCCC1CCN(C(=O)Cc2ccccc2)CC1. The van der Waals surface area contributed by atoms with E-state index >= 15 is 0 Å². The van der Waals surface area contributed by atoms with Crippen molar-refractivity contribution < 1.29 is 9.59 Å². The van der Waals surface area contributed by atoms with Crippen molar-refractivity contribution in [1.29, 1.82) is 0 Å². The first-order valence-electron chi connectivity index (χ1n) is 9.52. The van der Waals surface area contributed by atoms with Gasteiger partial charge in [-0.3, -0.25) is 4.79 Å². The number of benzene rings is 1. The average Bonchev–Trinajstić information content (AvgIpc) is 2.63. The fraction of sp³-hybridized carbons (Fsp3) is 0.600. The molecule has 0 unspecified atom stereocenters. The Balaban J connectivity index is 1.57. The van der Waals surface area contributed by atoms with Gasteiger partial charge in [-0.2, -0.15) is 0 Å². The van der Waals surface area contributed by atoms with E-state index in [0.29, 0.717) is 18.9 Å². The minimum absolute atomic E-state index is 0.0762. The van der Waals surface area contributed by atoms with Crippen LogP contribution >= 0.6 is 0 Å². The molecule has 0 spiro atoms. The Kier molecular flexibility index (Phi) is 8.29. The molecule has 2 rings (SSSR count). The Morgan fingerprint density at radius 2 is 1.80 bits per heavy atom. The van der Waals surface area contributed by atoms with E-state index in [1.54, 1.807) is 0 Å². The summed E-state index contributed by atoms with van der Waals surface area (Å²) in [5.74, 6) is 0.959. The second-order valence-electron chi connectivity index (χ2n) is 6.77. The van der Waals surface area contributed by atoms with E-state index in [1.165, 1.54) is 6.42 Å². The molecule has 0 radical (unpaired) electrons. The van der Waals surface area contributed by atoms with E-state index in [4.69, 9.17) is 0 Å². The first kappa shape index (κ1) is 19.3. The molecule has 5 nitrogen and oxygen atoms in total. The van der Waals surface area contributed by atoms with Crippen LogP contribution in [0.25, 0.3) is 0 Å². The van der Waals surface area contributed by atoms with Crippen LogP contribution in [0.15, 0.2) is 30.3 Å². The molecule has 2 N–H and O–H groups in total. The molecule has 0 saturated carbocycles. The summed E-state index contributed by atoms with van der Waals surface area (Å²) in [6, 6.07) is 9.89. The fourth-order valence-corrected chi connectivity index (χ4v) is 3.34. The molecule has 138 valence electrons. The highest BCUT2D eigenvalue weighted by atomic mass is 16.2.